The zero-order chi connectivity index (χ0) is 15.5. The minimum Gasteiger partial charge on any atom is -0.330 e. The molecule has 0 amide bonds. The molecule has 2 aromatic rings. The summed E-state index contributed by atoms with van der Waals surface area (Å²) in [7, 11) is 0. The lowest BCUT2D eigenvalue weighted by molar-refractivity contribution is 0.311. The van der Waals surface area contributed by atoms with Gasteiger partial charge in [0.15, 0.2) is 0 Å². The summed E-state index contributed by atoms with van der Waals surface area (Å²) >= 11 is 0. The molecule has 0 bridgehead atoms. The topological polar surface area (TPSA) is 29.3 Å². The first-order valence-corrected chi connectivity index (χ1v) is 7.58. The first-order valence-electron chi connectivity index (χ1n) is 7.58. The summed E-state index contributed by atoms with van der Waals surface area (Å²) in [5.74, 6) is -0.280. The zero-order valence-electron chi connectivity index (χ0n) is 12.8. The number of halogens is 3. The highest BCUT2D eigenvalue weighted by Crippen LogP contribution is 2.33. The summed E-state index contributed by atoms with van der Waals surface area (Å²) in [5, 5.41) is 0. The van der Waals surface area contributed by atoms with Crippen molar-refractivity contribution in [3.05, 3.63) is 71.3 Å². The molecule has 0 aliphatic carbocycles. The van der Waals surface area contributed by atoms with E-state index in [0.29, 0.717) is 30.5 Å². The molecule has 5 heteroatoms. The monoisotopic (exact) mass is 338 g/mol. The van der Waals surface area contributed by atoms with Gasteiger partial charge in [-0.25, -0.2) is 8.78 Å². The third-order valence-corrected chi connectivity index (χ3v) is 4.46. The Morgan fingerprint density at radius 3 is 2.43 bits per heavy atom. The Hall–Kier alpha value is -1.49. The van der Waals surface area contributed by atoms with Crippen molar-refractivity contribution in [2.75, 3.05) is 19.6 Å². The molecule has 2 N–H and O–H groups in total. The summed E-state index contributed by atoms with van der Waals surface area (Å²) < 4.78 is 26.8. The number of likely N-dealkylation sites (tertiary alicyclic amines) is 1. The molecule has 3 rings (SSSR count). The van der Waals surface area contributed by atoms with Gasteiger partial charge in [0.25, 0.3) is 0 Å². The maximum Gasteiger partial charge on any atom is 0.130 e. The first-order chi connectivity index (χ1) is 10.7. The van der Waals surface area contributed by atoms with Crippen LogP contribution in [0, 0.1) is 17.6 Å². The number of nitrogens with zero attached hydrogens (tertiary/aromatic N) is 1. The minimum absolute atomic E-state index is 0. The molecule has 1 saturated heterocycles. The van der Waals surface area contributed by atoms with E-state index in [0.717, 1.165) is 19.2 Å². The highest BCUT2D eigenvalue weighted by atomic mass is 35.5. The van der Waals surface area contributed by atoms with Gasteiger partial charge in [0.1, 0.15) is 11.6 Å². The van der Waals surface area contributed by atoms with Crippen LogP contribution < -0.4 is 5.73 Å². The fourth-order valence-corrected chi connectivity index (χ4v) is 3.30. The standard InChI is InChI=1S/C18H20F2N2.ClH/c19-16-7-6-14(18(20)8-16)10-22-11-15(9-21)17(12-22)13-4-2-1-3-5-13;/h1-8,15,17H,9-12,21H2;1H/t15-,17+;/m1./s1. The molecule has 2 nitrogen and oxygen atoms in total. The first kappa shape index (κ1) is 17.9. The van der Waals surface area contributed by atoms with Crippen LogP contribution in [0.1, 0.15) is 17.0 Å². The maximum atomic E-state index is 13.8. The van der Waals surface area contributed by atoms with E-state index in [-0.39, 0.29) is 12.4 Å². The molecule has 23 heavy (non-hydrogen) atoms. The van der Waals surface area contributed by atoms with Crippen LogP contribution >= 0.6 is 12.4 Å². The van der Waals surface area contributed by atoms with Crippen molar-refractivity contribution < 1.29 is 8.78 Å². The lowest BCUT2D eigenvalue weighted by atomic mass is 9.89. The lowest BCUT2D eigenvalue weighted by Crippen LogP contribution is -2.23. The summed E-state index contributed by atoms with van der Waals surface area (Å²) in [6.07, 6.45) is 0. The minimum atomic E-state index is -0.537. The number of hydrogen-bond acceptors (Lipinski definition) is 2. The highest BCUT2D eigenvalue weighted by Gasteiger charge is 2.32. The SMILES string of the molecule is Cl.NC[C@@H]1CN(Cc2ccc(F)cc2F)C[C@H]1c1ccccc1. The van der Waals surface area contributed by atoms with Crippen LogP contribution in [0.2, 0.25) is 0 Å². The van der Waals surface area contributed by atoms with Crippen molar-refractivity contribution in [2.24, 2.45) is 11.7 Å². The van der Waals surface area contributed by atoms with Crippen molar-refractivity contribution in [3.63, 3.8) is 0 Å². The molecule has 0 spiro atoms. The Bertz CT molecular complexity index is 636. The Kier molecular flexibility index (Phi) is 6.10. The fourth-order valence-electron chi connectivity index (χ4n) is 3.30. The third-order valence-electron chi connectivity index (χ3n) is 4.46. The van der Waals surface area contributed by atoms with Crippen molar-refractivity contribution in [2.45, 2.75) is 12.5 Å². The molecule has 0 unspecified atom stereocenters. The lowest BCUT2D eigenvalue weighted by Gasteiger charge is -2.17. The second-order valence-electron chi connectivity index (χ2n) is 5.94. The Morgan fingerprint density at radius 1 is 1.04 bits per heavy atom. The molecule has 1 heterocycles. The van der Waals surface area contributed by atoms with E-state index in [2.05, 4.69) is 17.0 Å². The normalized spacial score (nSPS) is 21.2. The van der Waals surface area contributed by atoms with Gasteiger partial charge in [-0.15, -0.1) is 12.4 Å². The summed E-state index contributed by atoms with van der Waals surface area (Å²) in [5.41, 5.74) is 7.73. The van der Waals surface area contributed by atoms with Crippen LogP contribution in [0.5, 0.6) is 0 Å². The molecule has 1 fully saturated rings. The van der Waals surface area contributed by atoms with Crippen LogP contribution in [0.25, 0.3) is 0 Å². The van der Waals surface area contributed by atoms with Gasteiger partial charge in [-0.1, -0.05) is 36.4 Å². The largest absolute Gasteiger partial charge is 0.330 e. The van der Waals surface area contributed by atoms with E-state index in [1.165, 1.54) is 17.7 Å². The van der Waals surface area contributed by atoms with E-state index in [9.17, 15) is 8.78 Å². The number of hydrogen-bond donors (Lipinski definition) is 1. The third kappa shape index (κ3) is 4.08. The molecule has 0 saturated carbocycles. The summed E-state index contributed by atoms with van der Waals surface area (Å²) in [6, 6.07) is 14.1. The molecule has 1 aliphatic rings. The second kappa shape index (κ2) is 7.86. The molecule has 2 atom stereocenters. The zero-order valence-corrected chi connectivity index (χ0v) is 13.6. The van der Waals surface area contributed by atoms with Gasteiger partial charge in [0.2, 0.25) is 0 Å². The van der Waals surface area contributed by atoms with Crippen LogP contribution in [-0.2, 0) is 6.54 Å². The van der Waals surface area contributed by atoms with Crippen LogP contribution in [0.4, 0.5) is 8.78 Å². The van der Waals surface area contributed by atoms with Crippen molar-refractivity contribution in [1.82, 2.24) is 4.90 Å². The smallest absolute Gasteiger partial charge is 0.130 e. The molecule has 1 aliphatic heterocycles. The van der Waals surface area contributed by atoms with Crippen molar-refractivity contribution >= 4 is 12.4 Å². The van der Waals surface area contributed by atoms with Gasteiger partial charge >= 0.3 is 0 Å². The molecular weight excluding hydrogens is 318 g/mol. The summed E-state index contributed by atoms with van der Waals surface area (Å²) in [6.45, 7) is 2.80. The predicted octanol–water partition coefficient (Wildman–Crippen LogP) is 3.56. The quantitative estimate of drug-likeness (QED) is 0.923. The average molecular weight is 339 g/mol. The average Bonchev–Trinajstić information content (AvgIpc) is 2.94. The van der Waals surface area contributed by atoms with E-state index in [1.54, 1.807) is 0 Å². The molecule has 0 radical (unpaired) electrons. The van der Waals surface area contributed by atoms with Gasteiger partial charge in [-0.3, -0.25) is 4.90 Å². The summed E-state index contributed by atoms with van der Waals surface area (Å²) in [4.78, 5) is 2.20. The van der Waals surface area contributed by atoms with Gasteiger partial charge in [0.05, 0.1) is 0 Å². The molecule has 0 aromatic heterocycles. The van der Waals surface area contributed by atoms with E-state index in [1.807, 2.05) is 18.2 Å². The molecular formula is C18H21ClF2N2. The van der Waals surface area contributed by atoms with E-state index >= 15 is 0 Å². The molecule has 124 valence electrons. The van der Waals surface area contributed by atoms with Crippen LogP contribution in [0.15, 0.2) is 48.5 Å². The Labute approximate surface area is 141 Å². The second-order valence-corrected chi connectivity index (χ2v) is 5.94. The van der Waals surface area contributed by atoms with E-state index < -0.39 is 11.6 Å². The van der Waals surface area contributed by atoms with Gasteiger partial charge < -0.3 is 5.73 Å². The van der Waals surface area contributed by atoms with Crippen LogP contribution in [-0.4, -0.2) is 24.5 Å². The maximum absolute atomic E-state index is 13.8. The number of benzene rings is 2. The predicted molar refractivity (Wildman–Crippen MR) is 90.6 cm³/mol. The van der Waals surface area contributed by atoms with Gasteiger partial charge in [0, 0.05) is 37.2 Å². The van der Waals surface area contributed by atoms with Crippen molar-refractivity contribution in [3.8, 4) is 0 Å². The van der Waals surface area contributed by atoms with Crippen molar-refractivity contribution in [1.29, 1.82) is 0 Å². The van der Waals surface area contributed by atoms with E-state index in [4.69, 9.17) is 5.73 Å². The van der Waals surface area contributed by atoms with Crippen LogP contribution in [0.3, 0.4) is 0 Å². The van der Waals surface area contributed by atoms with Gasteiger partial charge in [-0.05, 0) is 24.1 Å². The Morgan fingerprint density at radius 2 is 1.78 bits per heavy atom. The highest BCUT2D eigenvalue weighted by molar-refractivity contribution is 5.85. The molecule has 2 aromatic carbocycles. The number of nitrogens with two attached hydrogens (primary N) is 1. The Balaban J connectivity index is 0.00000192. The van der Waals surface area contributed by atoms with Gasteiger partial charge in [-0.2, -0.15) is 0 Å². The number of rotatable bonds is 4. The fraction of sp³-hybridized carbons (Fsp3) is 0.333.